The van der Waals surface area contributed by atoms with Crippen molar-refractivity contribution in [1.82, 2.24) is 0 Å². The zero-order valence-electron chi connectivity index (χ0n) is 12.5. The number of benzene rings is 1. The molecule has 0 N–H and O–H groups in total. The van der Waals surface area contributed by atoms with Gasteiger partial charge in [-0.25, -0.2) is 0 Å². The fraction of sp³-hybridized carbons (Fsp3) is 0.667. The van der Waals surface area contributed by atoms with E-state index in [1.807, 2.05) is 0 Å². The standard InChI is InChI=1S/C18H30I/c1-2-3-4-5-6-7-8-9-10-14-17-19-18-15-12-11-13-16-18/h11-13,15-16H,2-10,14,17H2,1H3/q-1. The maximum atomic E-state index is 2.30. The molecule has 0 aromatic heterocycles. The van der Waals surface area contributed by atoms with Crippen LogP contribution in [0.5, 0.6) is 0 Å². The normalized spacial score (nSPS) is 11.0. The van der Waals surface area contributed by atoms with Crippen molar-refractivity contribution in [2.24, 2.45) is 0 Å². The summed E-state index contributed by atoms with van der Waals surface area (Å²) in [5.74, 6) is 0. The minimum absolute atomic E-state index is 0.290. The number of unbranched alkanes of at least 4 members (excludes halogenated alkanes) is 9. The van der Waals surface area contributed by atoms with Gasteiger partial charge in [-0.15, -0.1) is 0 Å². The average Bonchev–Trinajstić information content (AvgIpc) is 2.46. The molecule has 0 saturated heterocycles. The van der Waals surface area contributed by atoms with Gasteiger partial charge in [-0.3, -0.25) is 0 Å². The van der Waals surface area contributed by atoms with Gasteiger partial charge >= 0.3 is 131 Å². The first kappa shape index (κ1) is 17.0. The monoisotopic (exact) mass is 373 g/mol. The summed E-state index contributed by atoms with van der Waals surface area (Å²) in [5.41, 5.74) is 0. The van der Waals surface area contributed by atoms with E-state index in [9.17, 15) is 0 Å². The molecule has 0 saturated carbocycles. The molecular formula is C18H30I-. The molecular weight excluding hydrogens is 343 g/mol. The number of hydrogen-bond donors (Lipinski definition) is 0. The Balaban J connectivity index is 1.79. The number of halogens is 1. The van der Waals surface area contributed by atoms with E-state index in [1.165, 1.54) is 68.6 Å². The van der Waals surface area contributed by atoms with Gasteiger partial charge in [0.1, 0.15) is 0 Å². The van der Waals surface area contributed by atoms with Crippen molar-refractivity contribution >= 4 is 0 Å². The van der Waals surface area contributed by atoms with E-state index < -0.39 is 0 Å². The molecule has 0 heterocycles. The molecule has 0 atom stereocenters. The van der Waals surface area contributed by atoms with Gasteiger partial charge in [-0.2, -0.15) is 0 Å². The van der Waals surface area contributed by atoms with Crippen LogP contribution in [0.15, 0.2) is 30.3 Å². The number of hydrogen-bond acceptors (Lipinski definition) is 0. The van der Waals surface area contributed by atoms with E-state index in [2.05, 4.69) is 37.3 Å². The van der Waals surface area contributed by atoms with E-state index in [0.717, 1.165) is 0 Å². The molecule has 110 valence electrons. The summed E-state index contributed by atoms with van der Waals surface area (Å²) in [7, 11) is 0. The topological polar surface area (TPSA) is 0 Å². The molecule has 0 radical (unpaired) electrons. The van der Waals surface area contributed by atoms with Crippen LogP contribution in [0.2, 0.25) is 0 Å². The molecule has 0 spiro atoms. The Kier molecular flexibility index (Phi) is 11.6. The molecule has 1 rings (SSSR count). The van der Waals surface area contributed by atoms with Gasteiger partial charge in [-0.05, 0) is 0 Å². The van der Waals surface area contributed by atoms with Gasteiger partial charge < -0.3 is 0 Å². The van der Waals surface area contributed by atoms with Gasteiger partial charge in [0, 0.05) is 0 Å². The van der Waals surface area contributed by atoms with E-state index in [-0.39, 0.29) is 0 Å². The van der Waals surface area contributed by atoms with Gasteiger partial charge in [-0.1, -0.05) is 0 Å². The van der Waals surface area contributed by atoms with Crippen LogP contribution in [0.3, 0.4) is 0 Å². The summed E-state index contributed by atoms with van der Waals surface area (Å²) in [6.07, 6.45) is 14.5. The summed E-state index contributed by atoms with van der Waals surface area (Å²) >= 11 is 0.290. The zero-order valence-corrected chi connectivity index (χ0v) is 14.7. The van der Waals surface area contributed by atoms with E-state index >= 15 is 0 Å². The first-order valence-corrected chi connectivity index (χ1v) is 10.7. The second-order valence-corrected chi connectivity index (χ2v) is 8.39. The van der Waals surface area contributed by atoms with Gasteiger partial charge in [0.15, 0.2) is 0 Å². The maximum absolute atomic E-state index is 2.30. The first-order chi connectivity index (χ1) is 9.43. The summed E-state index contributed by atoms with van der Waals surface area (Å²) in [6.45, 7) is 2.29. The number of rotatable bonds is 12. The van der Waals surface area contributed by atoms with Crippen LogP contribution in [0, 0.1) is 3.57 Å². The van der Waals surface area contributed by atoms with Crippen molar-refractivity contribution in [3.63, 3.8) is 0 Å². The van der Waals surface area contributed by atoms with Crippen molar-refractivity contribution in [1.29, 1.82) is 0 Å². The summed E-state index contributed by atoms with van der Waals surface area (Å²) < 4.78 is 3.08. The molecule has 0 unspecified atom stereocenters. The van der Waals surface area contributed by atoms with Crippen LogP contribution in [-0.4, -0.2) is 4.43 Å². The molecule has 0 nitrogen and oxygen atoms in total. The van der Waals surface area contributed by atoms with Crippen molar-refractivity contribution < 1.29 is 21.2 Å². The Morgan fingerprint density at radius 1 is 0.684 bits per heavy atom. The van der Waals surface area contributed by atoms with Gasteiger partial charge in [0.25, 0.3) is 0 Å². The van der Waals surface area contributed by atoms with E-state index in [1.54, 1.807) is 3.57 Å². The van der Waals surface area contributed by atoms with Crippen LogP contribution < -0.4 is 21.2 Å². The second-order valence-electron chi connectivity index (χ2n) is 5.30. The van der Waals surface area contributed by atoms with Crippen molar-refractivity contribution in [3.8, 4) is 0 Å². The predicted molar refractivity (Wildman–Crippen MR) is 81.9 cm³/mol. The molecule has 0 aliphatic carbocycles. The Morgan fingerprint density at radius 2 is 1.21 bits per heavy atom. The molecule has 1 heteroatoms. The second kappa shape index (κ2) is 13.0. The SMILES string of the molecule is CCCCCCCCCCCC[I-]c1ccccc1. The zero-order chi connectivity index (χ0) is 13.6. The fourth-order valence-electron chi connectivity index (χ4n) is 2.26. The van der Waals surface area contributed by atoms with E-state index in [0.29, 0.717) is 21.2 Å². The van der Waals surface area contributed by atoms with Crippen LogP contribution in [-0.2, 0) is 0 Å². The Bertz CT molecular complexity index is 281. The predicted octanol–water partition coefficient (Wildman–Crippen LogP) is 2.87. The molecule has 1 aromatic carbocycles. The molecule has 0 aliphatic rings. The van der Waals surface area contributed by atoms with Crippen LogP contribution in [0.4, 0.5) is 0 Å². The van der Waals surface area contributed by atoms with Crippen LogP contribution in [0.1, 0.15) is 71.1 Å². The Morgan fingerprint density at radius 3 is 1.79 bits per heavy atom. The molecule has 0 fully saturated rings. The summed E-state index contributed by atoms with van der Waals surface area (Å²) in [6, 6.07) is 11.1. The van der Waals surface area contributed by atoms with E-state index in [4.69, 9.17) is 0 Å². The van der Waals surface area contributed by atoms with Gasteiger partial charge in [0.05, 0.1) is 0 Å². The van der Waals surface area contributed by atoms with Crippen molar-refractivity contribution in [3.05, 3.63) is 33.9 Å². The molecule has 0 aliphatic heterocycles. The Hall–Kier alpha value is -0.0500. The summed E-state index contributed by atoms with van der Waals surface area (Å²) in [4.78, 5) is 0. The third-order valence-corrected chi connectivity index (χ3v) is 6.37. The Labute approximate surface area is 130 Å². The number of alkyl halides is 1. The molecule has 0 amide bonds. The van der Waals surface area contributed by atoms with Crippen molar-refractivity contribution in [2.45, 2.75) is 71.1 Å². The molecule has 1 aromatic rings. The molecule has 0 bridgehead atoms. The van der Waals surface area contributed by atoms with Crippen LogP contribution >= 0.6 is 0 Å². The minimum atomic E-state index is 0.290. The first-order valence-electron chi connectivity index (χ1n) is 8.07. The summed E-state index contributed by atoms with van der Waals surface area (Å²) in [5, 5.41) is 0. The van der Waals surface area contributed by atoms with Crippen molar-refractivity contribution in [2.75, 3.05) is 4.43 Å². The van der Waals surface area contributed by atoms with Crippen LogP contribution in [0.25, 0.3) is 0 Å². The quantitative estimate of drug-likeness (QED) is 0.300. The average molecular weight is 373 g/mol. The van der Waals surface area contributed by atoms with Gasteiger partial charge in [0.2, 0.25) is 0 Å². The third kappa shape index (κ3) is 10.4. The molecule has 19 heavy (non-hydrogen) atoms. The fourth-order valence-corrected chi connectivity index (χ4v) is 4.73. The third-order valence-electron chi connectivity index (χ3n) is 3.47.